The highest BCUT2D eigenvalue weighted by Crippen LogP contribution is 2.53. The van der Waals surface area contributed by atoms with Gasteiger partial charge in [0, 0.05) is 37.9 Å². The minimum absolute atomic E-state index is 0.00186. The van der Waals surface area contributed by atoms with Gasteiger partial charge in [-0.2, -0.15) is 5.26 Å². The van der Waals surface area contributed by atoms with Crippen LogP contribution in [0.15, 0.2) is 30.5 Å². The number of nitrogens with zero attached hydrogens (tertiary/aromatic N) is 5. The van der Waals surface area contributed by atoms with Crippen LogP contribution in [0.2, 0.25) is 0 Å². The van der Waals surface area contributed by atoms with Gasteiger partial charge in [0.25, 0.3) is 5.91 Å². The lowest BCUT2D eigenvalue weighted by molar-refractivity contribution is 0.0794. The normalized spacial score (nSPS) is 28.6. The fourth-order valence-corrected chi connectivity index (χ4v) is 5.17. The van der Waals surface area contributed by atoms with Gasteiger partial charge in [-0.1, -0.05) is 0 Å². The fraction of sp³-hybridized carbons (Fsp3) is 0.500. The molecule has 1 aromatic carbocycles. The first-order chi connectivity index (χ1) is 15.9. The third kappa shape index (κ3) is 4.23. The van der Waals surface area contributed by atoms with Gasteiger partial charge in [-0.15, -0.1) is 0 Å². The molecular weight excluding hydrogens is 423 g/mol. The van der Waals surface area contributed by atoms with Gasteiger partial charge >= 0.3 is 0 Å². The molecule has 1 aromatic heterocycles. The number of carbonyl (C=O) groups is 1. The molecule has 0 radical (unpaired) electrons. The van der Waals surface area contributed by atoms with Gasteiger partial charge in [0.05, 0.1) is 22.9 Å². The number of amides is 1. The molecule has 1 aliphatic heterocycles. The zero-order chi connectivity index (χ0) is 23.2. The van der Waals surface area contributed by atoms with Crippen molar-refractivity contribution >= 4 is 17.5 Å². The predicted molar refractivity (Wildman–Crippen MR) is 120 cm³/mol. The van der Waals surface area contributed by atoms with Crippen LogP contribution in [-0.4, -0.2) is 58.3 Å². The number of rotatable bonds is 4. The van der Waals surface area contributed by atoms with E-state index in [0.29, 0.717) is 48.4 Å². The number of carbonyl (C=O) groups excluding carboxylic acids is 1. The Kier molecular flexibility index (Phi) is 5.41. The molecule has 172 valence electrons. The number of halogens is 1. The van der Waals surface area contributed by atoms with Crippen LogP contribution < -0.4 is 15.1 Å². The van der Waals surface area contributed by atoms with Gasteiger partial charge < -0.3 is 20.2 Å². The predicted octanol–water partition coefficient (Wildman–Crippen LogP) is 2.24. The van der Waals surface area contributed by atoms with E-state index in [0.717, 1.165) is 25.7 Å². The number of aliphatic hydroxyl groups is 1. The van der Waals surface area contributed by atoms with Crippen molar-refractivity contribution < 1.29 is 14.3 Å². The lowest BCUT2D eigenvalue weighted by Crippen LogP contribution is -2.53. The van der Waals surface area contributed by atoms with Crippen molar-refractivity contribution in [3.8, 4) is 6.07 Å². The molecule has 2 aromatic rings. The molecule has 9 heteroatoms. The van der Waals surface area contributed by atoms with E-state index >= 15 is 0 Å². The lowest BCUT2D eigenvalue weighted by atomic mass is 9.93. The van der Waals surface area contributed by atoms with Crippen LogP contribution in [0.25, 0.3) is 0 Å². The molecule has 5 rings (SSSR count). The van der Waals surface area contributed by atoms with Gasteiger partial charge in [0.2, 0.25) is 5.95 Å². The van der Waals surface area contributed by atoms with Crippen LogP contribution in [0.4, 0.5) is 16.0 Å². The Bertz CT molecular complexity index is 1120. The van der Waals surface area contributed by atoms with E-state index in [1.165, 1.54) is 6.07 Å². The van der Waals surface area contributed by atoms with Gasteiger partial charge in [0.1, 0.15) is 11.5 Å². The van der Waals surface area contributed by atoms with Gasteiger partial charge in [-0.3, -0.25) is 4.79 Å². The number of nitrogens with one attached hydrogen (secondary N) is 1. The summed E-state index contributed by atoms with van der Waals surface area (Å²) in [7, 11) is 0. The summed E-state index contributed by atoms with van der Waals surface area (Å²) in [6, 6.07) is 8.15. The SMILES string of the molecule is C[C@@H]1CN(c2ccc(C#N)cc2F)CCN1c1nccc(C(=O)NC2CC[C@]3(O)CC3C2)n1. The quantitative estimate of drug-likeness (QED) is 0.736. The second kappa shape index (κ2) is 8.27. The second-order valence-corrected chi connectivity index (χ2v) is 9.46. The number of anilines is 2. The molecule has 1 saturated heterocycles. The van der Waals surface area contributed by atoms with Crippen molar-refractivity contribution in [2.45, 2.75) is 50.3 Å². The van der Waals surface area contributed by atoms with E-state index in [1.807, 2.05) is 22.8 Å². The van der Waals surface area contributed by atoms with Gasteiger partial charge in [-0.05, 0) is 62.8 Å². The summed E-state index contributed by atoms with van der Waals surface area (Å²) < 4.78 is 14.5. The van der Waals surface area contributed by atoms with Crippen LogP contribution >= 0.6 is 0 Å². The monoisotopic (exact) mass is 450 g/mol. The largest absolute Gasteiger partial charge is 0.390 e. The summed E-state index contributed by atoms with van der Waals surface area (Å²) in [6.07, 6.45) is 4.76. The highest BCUT2D eigenvalue weighted by Gasteiger charge is 2.55. The molecule has 3 fully saturated rings. The van der Waals surface area contributed by atoms with Crippen LogP contribution in [0, 0.1) is 23.1 Å². The summed E-state index contributed by atoms with van der Waals surface area (Å²) in [5.41, 5.74) is 0.615. The molecule has 1 amide bonds. The smallest absolute Gasteiger partial charge is 0.270 e. The molecule has 2 heterocycles. The van der Waals surface area contributed by atoms with E-state index in [1.54, 1.807) is 24.4 Å². The van der Waals surface area contributed by atoms with Gasteiger partial charge in [0.15, 0.2) is 0 Å². The lowest BCUT2D eigenvalue weighted by Gasteiger charge is -2.41. The molecule has 2 unspecified atom stereocenters. The topological polar surface area (TPSA) is 105 Å². The minimum Gasteiger partial charge on any atom is -0.390 e. The Morgan fingerprint density at radius 2 is 2.21 bits per heavy atom. The summed E-state index contributed by atoms with van der Waals surface area (Å²) in [6.45, 7) is 3.73. The number of piperazine rings is 1. The molecule has 3 aliphatic rings. The average Bonchev–Trinajstić information content (AvgIpc) is 3.49. The zero-order valence-electron chi connectivity index (χ0n) is 18.5. The summed E-state index contributed by atoms with van der Waals surface area (Å²) >= 11 is 0. The summed E-state index contributed by atoms with van der Waals surface area (Å²) in [5.74, 6) is 0.156. The van der Waals surface area contributed by atoms with Crippen LogP contribution in [0.1, 0.15) is 48.7 Å². The highest BCUT2D eigenvalue weighted by atomic mass is 19.1. The third-order valence-electron chi connectivity index (χ3n) is 7.21. The average molecular weight is 451 g/mol. The number of nitriles is 1. The third-order valence-corrected chi connectivity index (χ3v) is 7.21. The number of hydrogen-bond donors (Lipinski definition) is 2. The maximum Gasteiger partial charge on any atom is 0.270 e. The number of hydrogen-bond acceptors (Lipinski definition) is 7. The van der Waals surface area contributed by atoms with Crippen molar-refractivity contribution in [2.75, 3.05) is 29.4 Å². The van der Waals surface area contributed by atoms with Crippen molar-refractivity contribution in [3.05, 3.63) is 47.5 Å². The van der Waals surface area contributed by atoms with E-state index in [2.05, 4.69) is 15.3 Å². The molecule has 2 N–H and O–H groups in total. The minimum atomic E-state index is -0.484. The Morgan fingerprint density at radius 3 is 2.94 bits per heavy atom. The van der Waals surface area contributed by atoms with Gasteiger partial charge in [-0.25, -0.2) is 14.4 Å². The van der Waals surface area contributed by atoms with E-state index in [9.17, 15) is 14.3 Å². The first-order valence-corrected chi connectivity index (χ1v) is 11.4. The van der Waals surface area contributed by atoms with E-state index < -0.39 is 11.4 Å². The molecule has 0 bridgehead atoms. The molecule has 2 saturated carbocycles. The standard InChI is InChI=1S/C24H27FN6O2/c1-15-14-30(21-3-2-16(13-26)10-19(21)25)8-9-31(15)23-27-7-5-20(29-23)22(32)28-18-4-6-24(33)12-17(24)11-18/h2-3,5,7,10,15,17-18,33H,4,6,8-9,11-12,14H2,1H3,(H,28,32)/t15-,17?,18?,24+/m1/s1. The van der Waals surface area contributed by atoms with E-state index in [4.69, 9.17) is 5.26 Å². The summed E-state index contributed by atoms with van der Waals surface area (Å²) in [4.78, 5) is 25.7. The van der Waals surface area contributed by atoms with Crippen LogP contribution in [0.5, 0.6) is 0 Å². The highest BCUT2D eigenvalue weighted by molar-refractivity contribution is 5.92. The van der Waals surface area contributed by atoms with Crippen LogP contribution in [0.3, 0.4) is 0 Å². The Hall–Kier alpha value is -3.25. The van der Waals surface area contributed by atoms with Crippen LogP contribution in [-0.2, 0) is 0 Å². The second-order valence-electron chi connectivity index (χ2n) is 9.46. The first-order valence-electron chi connectivity index (χ1n) is 11.4. The molecule has 8 nitrogen and oxygen atoms in total. The number of benzene rings is 1. The molecule has 2 aliphatic carbocycles. The Morgan fingerprint density at radius 1 is 1.36 bits per heavy atom. The molecular formula is C24H27FN6O2. The van der Waals surface area contributed by atoms with Crippen molar-refractivity contribution in [1.29, 1.82) is 5.26 Å². The fourth-order valence-electron chi connectivity index (χ4n) is 5.17. The Labute approximate surface area is 192 Å². The van der Waals surface area contributed by atoms with Crippen molar-refractivity contribution in [1.82, 2.24) is 15.3 Å². The van der Waals surface area contributed by atoms with Crippen molar-refractivity contribution in [2.24, 2.45) is 5.92 Å². The maximum absolute atomic E-state index is 14.5. The molecule has 0 spiro atoms. The zero-order valence-corrected chi connectivity index (χ0v) is 18.5. The molecule has 33 heavy (non-hydrogen) atoms. The van der Waals surface area contributed by atoms with Crippen molar-refractivity contribution in [3.63, 3.8) is 0 Å². The number of fused-ring (bicyclic) bond motifs is 1. The first kappa shape index (κ1) is 21.6. The Balaban J connectivity index is 1.24. The molecule has 4 atom stereocenters. The maximum atomic E-state index is 14.5. The van der Waals surface area contributed by atoms with E-state index in [-0.39, 0.29) is 18.0 Å². The summed E-state index contributed by atoms with van der Waals surface area (Å²) in [5, 5.41) is 22.2. The number of aromatic nitrogens is 2.